The Bertz CT molecular complexity index is 757. The number of primary amides is 1. The summed E-state index contributed by atoms with van der Waals surface area (Å²) in [6.45, 7) is 4.72. The fraction of sp³-hybridized carbons (Fsp3) is 0.700. The van der Waals surface area contributed by atoms with E-state index in [-0.39, 0.29) is 38.0 Å². The standard InChI is InChI=1S/C20H35N5O9/c1-9(2)8-13(18(31)23-12(20(33)34)5-6-14(22)27)24-19(32)16(10(3)26)25-17(30)11(21)4-7-15(28)29/h9-13,16,26H,4-8,21H2,1-3H3,(H2,22,27)(H,23,31)(H,24,32)(H,25,30)(H,28,29)(H,33,34). The molecule has 0 spiro atoms. The van der Waals surface area contributed by atoms with Crippen LogP contribution >= 0.6 is 0 Å². The topological polar surface area (TPSA) is 251 Å². The molecule has 0 aromatic heterocycles. The van der Waals surface area contributed by atoms with Gasteiger partial charge in [-0.1, -0.05) is 13.8 Å². The van der Waals surface area contributed by atoms with Crippen molar-refractivity contribution in [2.24, 2.45) is 17.4 Å². The molecule has 5 atom stereocenters. The minimum Gasteiger partial charge on any atom is -0.481 e. The normalized spacial score (nSPS) is 15.4. The molecule has 0 saturated heterocycles. The molecule has 5 unspecified atom stereocenters. The maximum Gasteiger partial charge on any atom is 0.326 e. The number of carboxylic acids is 2. The van der Waals surface area contributed by atoms with Crippen molar-refractivity contribution < 1.29 is 44.1 Å². The van der Waals surface area contributed by atoms with E-state index in [0.29, 0.717) is 0 Å². The van der Waals surface area contributed by atoms with Crippen molar-refractivity contribution in [1.29, 1.82) is 0 Å². The zero-order chi connectivity index (χ0) is 26.6. The van der Waals surface area contributed by atoms with Crippen LogP contribution in [0.15, 0.2) is 0 Å². The van der Waals surface area contributed by atoms with Gasteiger partial charge in [-0.2, -0.15) is 0 Å². The molecular formula is C20H35N5O9. The first-order chi connectivity index (χ1) is 15.6. The molecule has 14 nitrogen and oxygen atoms in total. The maximum absolute atomic E-state index is 12.8. The van der Waals surface area contributed by atoms with Crippen molar-refractivity contribution in [3.8, 4) is 0 Å². The quantitative estimate of drug-likeness (QED) is 0.112. The molecule has 14 heteroatoms. The van der Waals surface area contributed by atoms with E-state index < -0.39 is 65.8 Å². The second kappa shape index (κ2) is 14.8. The number of hydrogen-bond donors (Lipinski definition) is 8. The van der Waals surface area contributed by atoms with Crippen LogP contribution in [0.5, 0.6) is 0 Å². The minimum absolute atomic E-state index is 0.0956. The fourth-order valence-electron chi connectivity index (χ4n) is 2.86. The number of carbonyl (C=O) groups is 6. The van der Waals surface area contributed by atoms with Gasteiger partial charge in [-0.05, 0) is 32.1 Å². The van der Waals surface area contributed by atoms with E-state index in [1.54, 1.807) is 13.8 Å². The number of aliphatic hydroxyl groups is 1. The Balaban J connectivity index is 5.41. The Labute approximate surface area is 196 Å². The number of aliphatic hydroxyl groups excluding tert-OH is 1. The number of hydrogen-bond acceptors (Lipinski definition) is 8. The largest absolute Gasteiger partial charge is 0.481 e. The van der Waals surface area contributed by atoms with Gasteiger partial charge in [-0.15, -0.1) is 0 Å². The highest BCUT2D eigenvalue weighted by Crippen LogP contribution is 2.08. The van der Waals surface area contributed by atoms with Crippen LogP contribution in [-0.4, -0.2) is 81.2 Å². The summed E-state index contributed by atoms with van der Waals surface area (Å²) >= 11 is 0. The van der Waals surface area contributed by atoms with Crippen LogP contribution in [0.25, 0.3) is 0 Å². The summed E-state index contributed by atoms with van der Waals surface area (Å²) in [6.07, 6.45) is -2.41. The number of carbonyl (C=O) groups excluding carboxylic acids is 4. The summed E-state index contributed by atoms with van der Waals surface area (Å²) in [6, 6.07) is -5.41. The number of carboxylic acid groups (broad SMARTS) is 2. The second-order valence-corrected chi connectivity index (χ2v) is 8.36. The van der Waals surface area contributed by atoms with Crippen molar-refractivity contribution in [2.45, 2.75) is 83.1 Å². The lowest BCUT2D eigenvalue weighted by Gasteiger charge is -2.27. The van der Waals surface area contributed by atoms with Gasteiger partial charge in [0.1, 0.15) is 18.1 Å². The van der Waals surface area contributed by atoms with E-state index in [1.165, 1.54) is 6.92 Å². The van der Waals surface area contributed by atoms with Crippen LogP contribution in [0.3, 0.4) is 0 Å². The number of nitrogens with one attached hydrogen (secondary N) is 3. The van der Waals surface area contributed by atoms with Crippen LogP contribution in [0.4, 0.5) is 0 Å². The molecule has 0 bridgehead atoms. The van der Waals surface area contributed by atoms with Crippen molar-refractivity contribution in [1.82, 2.24) is 16.0 Å². The molecule has 0 aromatic carbocycles. The van der Waals surface area contributed by atoms with Crippen LogP contribution in [0.2, 0.25) is 0 Å². The Hall–Kier alpha value is -3.26. The lowest BCUT2D eigenvalue weighted by molar-refractivity contribution is -0.143. The number of nitrogens with two attached hydrogens (primary N) is 2. The number of amides is 4. The van der Waals surface area contributed by atoms with Gasteiger partial charge in [0, 0.05) is 12.8 Å². The van der Waals surface area contributed by atoms with E-state index in [2.05, 4.69) is 16.0 Å². The van der Waals surface area contributed by atoms with E-state index in [0.717, 1.165) is 0 Å². The molecule has 0 fully saturated rings. The summed E-state index contributed by atoms with van der Waals surface area (Å²) in [5, 5.41) is 34.8. The lowest BCUT2D eigenvalue weighted by atomic mass is 10.0. The second-order valence-electron chi connectivity index (χ2n) is 8.36. The highest BCUT2D eigenvalue weighted by Gasteiger charge is 2.32. The lowest BCUT2D eigenvalue weighted by Crippen LogP contribution is -2.60. The number of aliphatic carboxylic acids is 2. The molecule has 194 valence electrons. The average molecular weight is 490 g/mol. The summed E-state index contributed by atoms with van der Waals surface area (Å²) in [4.78, 5) is 70.7. The number of rotatable bonds is 16. The summed E-state index contributed by atoms with van der Waals surface area (Å²) in [5.41, 5.74) is 10.6. The van der Waals surface area contributed by atoms with Crippen LogP contribution in [-0.2, 0) is 28.8 Å². The summed E-state index contributed by atoms with van der Waals surface area (Å²) in [7, 11) is 0. The smallest absolute Gasteiger partial charge is 0.326 e. The molecule has 0 aliphatic heterocycles. The van der Waals surface area contributed by atoms with Crippen molar-refractivity contribution in [3.05, 3.63) is 0 Å². The van der Waals surface area contributed by atoms with Crippen molar-refractivity contribution >= 4 is 35.6 Å². The molecule has 0 rings (SSSR count). The fourth-order valence-corrected chi connectivity index (χ4v) is 2.86. The zero-order valence-corrected chi connectivity index (χ0v) is 19.4. The predicted octanol–water partition coefficient (Wildman–Crippen LogP) is -2.59. The van der Waals surface area contributed by atoms with E-state index in [9.17, 15) is 39.0 Å². The highest BCUT2D eigenvalue weighted by atomic mass is 16.4. The van der Waals surface area contributed by atoms with Gasteiger partial charge < -0.3 is 42.7 Å². The zero-order valence-electron chi connectivity index (χ0n) is 19.4. The minimum atomic E-state index is -1.52. The van der Waals surface area contributed by atoms with E-state index in [1.807, 2.05) is 0 Å². The molecule has 34 heavy (non-hydrogen) atoms. The van der Waals surface area contributed by atoms with E-state index in [4.69, 9.17) is 16.6 Å². The first-order valence-electron chi connectivity index (χ1n) is 10.7. The first-order valence-corrected chi connectivity index (χ1v) is 10.7. The van der Waals surface area contributed by atoms with E-state index >= 15 is 0 Å². The predicted molar refractivity (Wildman–Crippen MR) is 118 cm³/mol. The molecule has 0 saturated carbocycles. The molecule has 0 heterocycles. The van der Waals surface area contributed by atoms with Crippen molar-refractivity contribution in [2.75, 3.05) is 0 Å². The Morgan fingerprint density at radius 1 is 0.794 bits per heavy atom. The van der Waals surface area contributed by atoms with Gasteiger partial charge in [0.05, 0.1) is 12.1 Å². The molecular weight excluding hydrogens is 454 g/mol. The first kappa shape index (κ1) is 30.7. The maximum atomic E-state index is 12.8. The Kier molecular flexibility index (Phi) is 13.4. The van der Waals surface area contributed by atoms with Crippen molar-refractivity contribution in [3.63, 3.8) is 0 Å². The molecule has 0 aliphatic carbocycles. The van der Waals surface area contributed by atoms with Gasteiger partial charge in [0.15, 0.2) is 0 Å². The SMILES string of the molecule is CC(C)CC(NC(=O)C(NC(=O)C(N)CCC(=O)O)C(C)O)C(=O)NC(CCC(N)=O)C(=O)O. The molecule has 0 aliphatic rings. The monoisotopic (exact) mass is 489 g/mol. The van der Waals surface area contributed by atoms with Crippen LogP contribution < -0.4 is 27.4 Å². The molecule has 0 radical (unpaired) electrons. The molecule has 0 aromatic rings. The Morgan fingerprint density at radius 3 is 1.79 bits per heavy atom. The summed E-state index contributed by atoms with van der Waals surface area (Å²) < 4.78 is 0. The third-order valence-electron chi connectivity index (χ3n) is 4.70. The molecule has 4 amide bonds. The van der Waals surface area contributed by atoms with Gasteiger partial charge in [0.2, 0.25) is 23.6 Å². The van der Waals surface area contributed by atoms with Gasteiger partial charge in [-0.3, -0.25) is 24.0 Å². The highest BCUT2D eigenvalue weighted by molar-refractivity contribution is 5.94. The molecule has 10 N–H and O–H groups in total. The van der Waals surface area contributed by atoms with Gasteiger partial charge in [-0.25, -0.2) is 4.79 Å². The third-order valence-corrected chi connectivity index (χ3v) is 4.70. The third kappa shape index (κ3) is 12.1. The summed E-state index contributed by atoms with van der Waals surface area (Å²) in [5.74, 6) is -6.06. The Morgan fingerprint density at radius 2 is 1.35 bits per heavy atom. The van der Waals surface area contributed by atoms with Crippen LogP contribution in [0, 0.1) is 5.92 Å². The van der Waals surface area contributed by atoms with Gasteiger partial charge in [0.25, 0.3) is 0 Å². The van der Waals surface area contributed by atoms with Crippen LogP contribution in [0.1, 0.15) is 52.9 Å². The average Bonchev–Trinajstić information content (AvgIpc) is 2.70. The van der Waals surface area contributed by atoms with Gasteiger partial charge >= 0.3 is 11.9 Å².